The Bertz CT molecular complexity index is 1250. The monoisotopic (exact) mass is 402 g/mol. The molecular weight excluding hydrogens is 384 g/mol. The number of hydrogen-bond acceptors (Lipinski definition) is 6. The molecule has 2 aromatic heterocycles. The van der Waals surface area contributed by atoms with Crippen LogP contribution in [0.4, 0.5) is 17.1 Å². The highest BCUT2D eigenvalue weighted by Crippen LogP contribution is 2.25. The van der Waals surface area contributed by atoms with Crippen LogP contribution in [0.25, 0.3) is 16.9 Å². The molecule has 0 fully saturated rings. The van der Waals surface area contributed by atoms with Gasteiger partial charge in [-0.2, -0.15) is 0 Å². The van der Waals surface area contributed by atoms with Crippen molar-refractivity contribution in [2.45, 2.75) is 0 Å². The molecule has 0 spiro atoms. The van der Waals surface area contributed by atoms with Gasteiger partial charge in [0, 0.05) is 31.9 Å². The first kappa shape index (κ1) is 19.1. The topological polar surface area (TPSA) is 106 Å². The van der Waals surface area contributed by atoms with Gasteiger partial charge in [0.2, 0.25) is 0 Å². The molecule has 9 heteroatoms. The van der Waals surface area contributed by atoms with Crippen LogP contribution in [0.2, 0.25) is 0 Å². The number of rotatable bonds is 5. The van der Waals surface area contributed by atoms with Crippen LogP contribution in [0.5, 0.6) is 0 Å². The first-order chi connectivity index (χ1) is 14.4. The lowest BCUT2D eigenvalue weighted by atomic mass is 10.1. The summed E-state index contributed by atoms with van der Waals surface area (Å²) >= 11 is 0. The van der Waals surface area contributed by atoms with Crippen LogP contribution < -0.4 is 10.2 Å². The fourth-order valence-corrected chi connectivity index (χ4v) is 3.15. The molecule has 2 aromatic carbocycles. The zero-order valence-corrected chi connectivity index (χ0v) is 16.3. The van der Waals surface area contributed by atoms with Gasteiger partial charge in [0.05, 0.1) is 33.4 Å². The van der Waals surface area contributed by atoms with Crippen LogP contribution >= 0.6 is 0 Å². The van der Waals surface area contributed by atoms with Gasteiger partial charge in [0.15, 0.2) is 0 Å². The number of nitrogens with one attached hydrogen (secondary N) is 1. The standard InChI is InChI=1S/C21H18N6O3/c1-25(2)18-9-8-15(27(29)30)11-16(18)21(28)24-14-7-10-20(22-12-14)26-13-23-17-5-3-4-6-19(17)26/h3-13H,1-2H3,(H,24,28). The minimum absolute atomic E-state index is 0.147. The normalized spacial score (nSPS) is 10.7. The molecular formula is C21H18N6O3. The molecule has 2 heterocycles. The van der Waals surface area contributed by atoms with E-state index in [9.17, 15) is 14.9 Å². The van der Waals surface area contributed by atoms with Crippen molar-refractivity contribution in [2.24, 2.45) is 0 Å². The number of aromatic nitrogens is 3. The van der Waals surface area contributed by atoms with Crippen molar-refractivity contribution in [1.82, 2.24) is 14.5 Å². The average Bonchev–Trinajstić information content (AvgIpc) is 3.18. The summed E-state index contributed by atoms with van der Waals surface area (Å²) in [4.78, 5) is 33.9. The van der Waals surface area contributed by atoms with E-state index in [0.29, 0.717) is 17.2 Å². The molecule has 0 bridgehead atoms. The predicted molar refractivity (Wildman–Crippen MR) is 114 cm³/mol. The van der Waals surface area contributed by atoms with Crippen molar-refractivity contribution in [3.8, 4) is 5.82 Å². The lowest BCUT2D eigenvalue weighted by Crippen LogP contribution is -2.19. The Balaban J connectivity index is 1.60. The van der Waals surface area contributed by atoms with E-state index >= 15 is 0 Å². The van der Waals surface area contributed by atoms with Crippen LogP contribution in [-0.2, 0) is 0 Å². The lowest BCUT2D eigenvalue weighted by molar-refractivity contribution is -0.384. The Kier molecular flexibility index (Phi) is 4.85. The van der Waals surface area contributed by atoms with Crippen molar-refractivity contribution in [3.63, 3.8) is 0 Å². The Morgan fingerprint density at radius 3 is 2.60 bits per heavy atom. The maximum atomic E-state index is 12.8. The minimum atomic E-state index is -0.526. The second kappa shape index (κ2) is 7.63. The molecule has 150 valence electrons. The largest absolute Gasteiger partial charge is 0.377 e. The fourth-order valence-electron chi connectivity index (χ4n) is 3.15. The van der Waals surface area contributed by atoms with E-state index in [4.69, 9.17) is 0 Å². The Labute approximate surface area is 171 Å². The molecule has 1 N–H and O–H groups in total. The van der Waals surface area contributed by atoms with Crippen molar-refractivity contribution < 1.29 is 9.72 Å². The number of carbonyl (C=O) groups excluding carboxylic acids is 1. The van der Waals surface area contributed by atoms with Crippen molar-refractivity contribution in [3.05, 3.63) is 82.8 Å². The van der Waals surface area contributed by atoms with E-state index < -0.39 is 10.8 Å². The van der Waals surface area contributed by atoms with Gasteiger partial charge in [0.1, 0.15) is 12.1 Å². The third-order valence-electron chi connectivity index (χ3n) is 4.62. The molecule has 1 amide bonds. The third kappa shape index (κ3) is 3.55. The van der Waals surface area contributed by atoms with E-state index in [1.807, 2.05) is 28.8 Å². The van der Waals surface area contributed by atoms with Gasteiger partial charge >= 0.3 is 0 Å². The third-order valence-corrected chi connectivity index (χ3v) is 4.62. The van der Waals surface area contributed by atoms with Gasteiger partial charge in [-0.25, -0.2) is 9.97 Å². The van der Waals surface area contributed by atoms with Crippen molar-refractivity contribution >= 4 is 34.0 Å². The summed E-state index contributed by atoms with van der Waals surface area (Å²) in [5, 5.41) is 13.9. The summed E-state index contributed by atoms with van der Waals surface area (Å²) in [5.41, 5.74) is 2.90. The van der Waals surface area contributed by atoms with Gasteiger partial charge in [0.25, 0.3) is 11.6 Å². The molecule has 0 saturated carbocycles. The number of carbonyl (C=O) groups is 1. The number of nitrogens with zero attached hydrogens (tertiary/aromatic N) is 5. The summed E-state index contributed by atoms with van der Waals surface area (Å²) < 4.78 is 1.85. The molecule has 0 unspecified atom stereocenters. The molecule has 0 atom stereocenters. The second-order valence-corrected chi connectivity index (χ2v) is 6.82. The summed E-state index contributed by atoms with van der Waals surface area (Å²) in [6.45, 7) is 0. The number of hydrogen-bond donors (Lipinski definition) is 1. The Morgan fingerprint density at radius 2 is 1.90 bits per heavy atom. The average molecular weight is 402 g/mol. The number of para-hydroxylation sites is 2. The fraction of sp³-hybridized carbons (Fsp3) is 0.0952. The summed E-state index contributed by atoms with van der Waals surface area (Å²) in [5.74, 6) is 0.205. The number of pyridine rings is 1. The van der Waals surface area contributed by atoms with Gasteiger partial charge in [-0.05, 0) is 30.3 Å². The molecule has 4 rings (SSSR count). The minimum Gasteiger partial charge on any atom is -0.377 e. The van der Waals surface area contributed by atoms with Crippen LogP contribution in [0.3, 0.4) is 0 Å². The van der Waals surface area contributed by atoms with Crippen LogP contribution in [0.1, 0.15) is 10.4 Å². The predicted octanol–water partition coefficient (Wildman–Crippen LogP) is 3.65. The maximum Gasteiger partial charge on any atom is 0.270 e. The second-order valence-electron chi connectivity index (χ2n) is 6.82. The van der Waals surface area contributed by atoms with E-state index in [-0.39, 0.29) is 11.3 Å². The van der Waals surface area contributed by atoms with E-state index in [1.165, 1.54) is 18.3 Å². The number of imidazole rings is 1. The number of nitro groups is 1. The SMILES string of the molecule is CN(C)c1ccc([N+](=O)[O-])cc1C(=O)Nc1ccc(-n2cnc3ccccc32)nc1. The first-order valence-corrected chi connectivity index (χ1v) is 9.09. The summed E-state index contributed by atoms with van der Waals surface area (Å²) in [7, 11) is 3.54. The molecule has 30 heavy (non-hydrogen) atoms. The molecule has 0 aliphatic rings. The Hall–Kier alpha value is -4.27. The molecule has 4 aromatic rings. The number of nitro benzene ring substituents is 1. The maximum absolute atomic E-state index is 12.8. The molecule has 0 radical (unpaired) electrons. The molecule has 0 aliphatic carbocycles. The van der Waals surface area contributed by atoms with E-state index in [0.717, 1.165) is 11.0 Å². The van der Waals surface area contributed by atoms with Crippen LogP contribution in [-0.4, -0.2) is 39.5 Å². The molecule has 0 saturated heterocycles. The number of benzene rings is 2. The van der Waals surface area contributed by atoms with E-state index in [2.05, 4.69) is 15.3 Å². The van der Waals surface area contributed by atoms with Crippen molar-refractivity contribution in [1.29, 1.82) is 0 Å². The van der Waals surface area contributed by atoms with Gasteiger partial charge < -0.3 is 10.2 Å². The number of amides is 1. The van der Waals surface area contributed by atoms with Crippen LogP contribution in [0, 0.1) is 10.1 Å². The first-order valence-electron chi connectivity index (χ1n) is 9.09. The highest BCUT2D eigenvalue weighted by Gasteiger charge is 2.18. The van der Waals surface area contributed by atoms with Gasteiger partial charge in [-0.1, -0.05) is 12.1 Å². The van der Waals surface area contributed by atoms with E-state index in [1.54, 1.807) is 43.5 Å². The zero-order chi connectivity index (χ0) is 21.3. The van der Waals surface area contributed by atoms with Gasteiger partial charge in [-0.3, -0.25) is 19.5 Å². The smallest absolute Gasteiger partial charge is 0.270 e. The molecule has 9 nitrogen and oxygen atoms in total. The number of fused-ring (bicyclic) bond motifs is 1. The summed E-state index contributed by atoms with van der Waals surface area (Å²) in [6, 6.07) is 15.4. The quantitative estimate of drug-likeness (QED) is 0.403. The van der Waals surface area contributed by atoms with Crippen molar-refractivity contribution in [2.75, 3.05) is 24.3 Å². The molecule has 0 aliphatic heterocycles. The Morgan fingerprint density at radius 1 is 1.10 bits per heavy atom. The zero-order valence-electron chi connectivity index (χ0n) is 16.3. The number of non-ortho nitro benzene ring substituents is 1. The van der Waals surface area contributed by atoms with Gasteiger partial charge in [-0.15, -0.1) is 0 Å². The summed E-state index contributed by atoms with van der Waals surface area (Å²) in [6.07, 6.45) is 3.23. The highest BCUT2D eigenvalue weighted by molar-refractivity contribution is 6.08. The highest BCUT2D eigenvalue weighted by atomic mass is 16.6. The number of anilines is 2. The lowest BCUT2D eigenvalue weighted by Gasteiger charge is -2.17. The van der Waals surface area contributed by atoms with Crippen LogP contribution in [0.15, 0.2) is 67.1 Å².